The summed E-state index contributed by atoms with van der Waals surface area (Å²) in [7, 11) is 0. The molecule has 8 heteroatoms. The average Bonchev–Trinajstić information content (AvgIpc) is 3.12. The maximum atomic E-state index is 12.2. The molecule has 1 amide bonds. The Kier molecular flexibility index (Phi) is 6.08. The minimum Gasteiger partial charge on any atom is -0.323 e. The van der Waals surface area contributed by atoms with Crippen LogP contribution in [-0.2, 0) is 11.3 Å². The van der Waals surface area contributed by atoms with Crippen molar-refractivity contribution in [1.82, 2.24) is 20.2 Å². The van der Waals surface area contributed by atoms with Gasteiger partial charge in [-0.1, -0.05) is 67.4 Å². The summed E-state index contributed by atoms with van der Waals surface area (Å²) < 4.78 is 0. The molecule has 0 saturated carbocycles. The predicted molar refractivity (Wildman–Crippen MR) is 107 cm³/mol. The molecule has 3 aromatic rings. The van der Waals surface area contributed by atoms with Gasteiger partial charge in [-0.3, -0.25) is 4.79 Å². The SMILES string of the molecule is CC(C)c1ccc(-c2nnn(CCC(=O)Nc3c(Cl)cccc3Cl)n2)cc1. The molecule has 140 valence electrons. The van der Waals surface area contributed by atoms with E-state index in [-0.39, 0.29) is 12.3 Å². The summed E-state index contributed by atoms with van der Waals surface area (Å²) in [6, 6.07) is 13.1. The molecule has 1 heterocycles. The van der Waals surface area contributed by atoms with E-state index in [1.165, 1.54) is 10.4 Å². The number of amides is 1. The summed E-state index contributed by atoms with van der Waals surface area (Å²) in [6.07, 6.45) is 0.170. The highest BCUT2D eigenvalue weighted by Gasteiger charge is 2.11. The third-order valence-corrected chi connectivity index (χ3v) is 4.68. The number of nitrogens with zero attached hydrogens (tertiary/aromatic N) is 4. The smallest absolute Gasteiger partial charge is 0.226 e. The average molecular weight is 404 g/mol. The molecular weight excluding hydrogens is 385 g/mol. The lowest BCUT2D eigenvalue weighted by Gasteiger charge is -2.08. The highest BCUT2D eigenvalue weighted by Crippen LogP contribution is 2.29. The van der Waals surface area contributed by atoms with Gasteiger partial charge in [0.25, 0.3) is 0 Å². The topological polar surface area (TPSA) is 72.7 Å². The molecule has 0 radical (unpaired) electrons. The number of halogens is 2. The summed E-state index contributed by atoms with van der Waals surface area (Å²) in [6.45, 7) is 4.58. The molecule has 0 atom stereocenters. The van der Waals surface area contributed by atoms with E-state index in [2.05, 4.69) is 46.7 Å². The number of hydrogen-bond donors (Lipinski definition) is 1. The Balaban J connectivity index is 1.60. The molecule has 0 spiro atoms. The van der Waals surface area contributed by atoms with Gasteiger partial charge in [0, 0.05) is 12.0 Å². The molecule has 1 aromatic heterocycles. The van der Waals surface area contributed by atoms with Crippen molar-refractivity contribution in [2.75, 3.05) is 5.32 Å². The van der Waals surface area contributed by atoms with Crippen LogP contribution in [-0.4, -0.2) is 26.1 Å². The minimum atomic E-state index is -0.231. The van der Waals surface area contributed by atoms with Crippen LogP contribution in [0.1, 0.15) is 31.7 Å². The maximum Gasteiger partial charge on any atom is 0.226 e. The monoisotopic (exact) mass is 403 g/mol. The lowest BCUT2D eigenvalue weighted by Crippen LogP contribution is -2.16. The fraction of sp³-hybridized carbons (Fsp3) is 0.263. The zero-order valence-electron chi connectivity index (χ0n) is 15.0. The van der Waals surface area contributed by atoms with Crippen molar-refractivity contribution in [1.29, 1.82) is 0 Å². The molecule has 0 aliphatic carbocycles. The first-order valence-electron chi connectivity index (χ1n) is 8.56. The van der Waals surface area contributed by atoms with Crippen LogP contribution in [0.15, 0.2) is 42.5 Å². The molecule has 0 aliphatic heterocycles. The van der Waals surface area contributed by atoms with Gasteiger partial charge in [-0.2, -0.15) is 4.80 Å². The second-order valence-electron chi connectivity index (χ2n) is 6.38. The number of benzene rings is 2. The number of anilines is 1. The Morgan fingerprint density at radius 2 is 1.78 bits per heavy atom. The van der Waals surface area contributed by atoms with Crippen molar-refractivity contribution < 1.29 is 4.79 Å². The first-order chi connectivity index (χ1) is 12.9. The van der Waals surface area contributed by atoms with Crippen molar-refractivity contribution in [3.8, 4) is 11.4 Å². The number of hydrogen-bond acceptors (Lipinski definition) is 4. The summed E-state index contributed by atoms with van der Waals surface area (Å²) in [5.41, 5.74) is 2.54. The van der Waals surface area contributed by atoms with E-state index >= 15 is 0 Å². The molecule has 0 aliphatic rings. The van der Waals surface area contributed by atoms with E-state index in [0.29, 0.717) is 34.0 Å². The zero-order chi connectivity index (χ0) is 19.4. The fourth-order valence-corrected chi connectivity index (χ4v) is 2.98. The molecule has 27 heavy (non-hydrogen) atoms. The predicted octanol–water partition coefficient (Wildman–Crippen LogP) is 4.80. The molecule has 6 nitrogen and oxygen atoms in total. The quantitative estimate of drug-likeness (QED) is 0.641. The fourth-order valence-electron chi connectivity index (χ4n) is 2.49. The Labute approximate surface area is 167 Å². The van der Waals surface area contributed by atoms with Gasteiger partial charge in [0.1, 0.15) is 0 Å². The number of aromatic nitrogens is 4. The summed E-state index contributed by atoms with van der Waals surface area (Å²) in [5.74, 6) is 0.762. The number of carbonyl (C=O) groups is 1. The third kappa shape index (κ3) is 4.84. The van der Waals surface area contributed by atoms with Crippen molar-refractivity contribution in [2.45, 2.75) is 32.7 Å². The Morgan fingerprint density at radius 1 is 1.11 bits per heavy atom. The van der Waals surface area contributed by atoms with Crippen molar-refractivity contribution in [3.05, 3.63) is 58.1 Å². The van der Waals surface area contributed by atoms with Crippen LogP contribution < -0.4 is 5.32 Å². The van der Waals surface area contributed by atoms with Crippen LogP contribution in [0.2, 0.25) is 10.0 Å². The van der Waals surface area contributed by atoms with Crippen LogP contribution in [0.3, 0.4) is 0 Å². The number of para-hydroxylation sites is 1. The van der Waals surface area contributed by atoms with E-state index in [4.69, 9.17) is 23.2 Å². The first-order valence-corrected chi connectivity index (χ1v) is 9.31. The van der Waals surface area contributed by atoms with Gasteiger partial charge in [0.05, 0.1) is 22.3 Å². The van der Waals surface area contributed by atoms with Crippen molar-refractivity contribution in [3.63, 3.8) is 0 Å². The Morgan fingerprint density at radius 3 is 2.41 bits per heavy atom. The van der Waals surface area contributed by atoms with Crippen molar-refractivity contribution in [2.24, 2.45) is 0 Å². The van der Waals surface area contributed by atoms with E-state index in [9.17, 15) is 4.79 Å². The van der Waals surface area contributed by atoms with E-state index in [1.807, 2.05) is 12.1 Å². The Bertz CT molecular complexity index is 917. The highest BCUT2D eigenvalue weighted by molar-refractivity contribution is 6.39. The van der Waals surface area contributed by atoms with Gasteiger partial charge < -0.3 is 5.32 Å². The largest absolute Gasteiger partial charge is 0.323 e. The van der Waals surface area contributed by atoms with Crippen LogP contribution in [0, 0.1) is 0 Å². The normalized spacial score (nSPS) is 11.0. The van der Waals surface area contributed by atoms with E-state index in [1.54, 1.807) is 18.2 Å². The molecule has 0 bridgehead atoms. The minimum absolute atomic E-state index is 0.170. The summed E-state index contributed by atoms with van der Waals surface area (Å²) >= 11 is 12.1. The second kappa shape index (κ2) is 8.50. The van der Waals surface area contributed by atoms with Gasteiger partial charge in [0.15, 0.2) is 0 Å². The number of tetrazole rings is 1. The number of nitrogens with one attached hydrogen (secondary N) is 1. The van der Waals surface area contributed by atoms with Gasteiger partial charge in [-0.15, -0.1) is 10.2 Å². The molecule has 2 aromatic carbocycles. The Hall–Kier alpha value is -2.44. The molecule has 0 fully saturated rings. The second-order valence-corrected chi connectivity index (χ2v) is 7.19. The van der Waals surface area contributed by atoms with Crippen LogP contribution in [0.4, 0.5) is 5.69 Å². The number of rotatable bonds is 6. The van der Waals surface area contributed by atoms with Gasteiger partial charge in [-0.25, -0.2) is 0 Å². The maximum absolute atomic E-state index is 12.2. The van der Waals surface area contributed by atoms with E-state index < -0.39 is 0 Å². The first kappa shape index (κ1) is 19.3. The zero-order valence-corrected chi connectivity index (χ0v) is 16.5. The molecule has 3 rings (SSSR count). The van der Waals surface area contributed by atoms with Crippen LogP contribution in [0.5, 0.6) is 0 Å². The van der Waals surface area contributed by atoms with E-state index in [0.717, 1.165) is 5.56 Å². The lowest BCUT2D eigenvalue weighted by atomic mass is 10.0. The van der Waals surface area contributed by atoms with Crippen molar-refractivity contribution >= 4 is 34.8 Å². The highest BCUT2D eigenvalue weighted by atomic mass is 35.5. The third-order valence-electron chi connectivity index (χ3n) is 4.05. The number of carbonyl (C=O) groups excluding carboxylic acids is 1. The molecule has 1 N–H and O–H groups in total. The molecule has 0 unspecified atom stereocenters. The standard InChI is InChI=1S/C19H19Cl2N5O/c1-12(2)13-6-8-14(9-7-13)19-23-25-26(24-19)11-10-17(27)22-18-15(20)4-3-5-16(18)21/h3-9,12H,10-11H2,1-2H3,(H,22,27). The van der Waals surface area contributed by atoms with Crippen LogP contribution >= 0.6 is 23.2 Å². The van der Waals surface area contributed by atoms with Gasteiger partial charge >= 0.3 is 0 Å². The lowest BCUT2D eigenvalue weighted by molar-refractivity contribution is -0.116. The summed E-state index contributed by atoms with van der Waals surface area (Å²) in [5, 5.41) is 15.9. The van der Waals surface area contributed by atoms with Gasteiger partial charge in [-0.05, 0) is 28.8 Å². The molecule has 0 saturated heterocycles. The summed E-state index contributed by atoms with van der Waals surface area (Å²) in [4.78, 5) is 13.6. The van der Waals surface area contributed by atoms with Crippen LogP contribution in [0.25, 0.3) is 11.4 Å². The molecular formula is C19H19Cl2N5O. The number of aryl methyl sites for hydroxylation is 1. The van der Waals surface area contributed by atoms with Gasteiger partial charge in [0.2, 0.25) is 11.7 Å².